The number of carboxylic acid groups (broad SMARTS) is 1. The van der Waals surface area contributed by atoms with Crippen molar-refractivity contribution in [3.05, 3.63) is 46.6 Å². The number of hydrogen-bond donors (Lipinski definition) is 1. The second-order valence-corrected chi connectivity index (χ2v) is 7.25. The van der Waals surface area contributed by atoms with Gasteiger partial charge in [0.15, 0.2) is 0 Å². The summed E-state index contributed by atoms with van der Waals surface area (Å²) in [6, 6.07) is 0. The Morgan fingerprint density at radius 3 is 1.42 bits per heavy atom. The van der Waals surface area contributed by atoms with Gasteiger partial charge in [-0.05, 0) is 80.1 Å². The van der Waals surface area contributed by atoms with Crippen molar-refractivity contribution in [1.29, 1.82) is 0 Å². The minimum absolute atomic E-state index is 0.318. The standard InChI is InChI=1S/C22H36O2/c1-17(2)9-7-11-19(5)13-15-21(22(23)24)16-14-20(6)12-8-10-18(3)4/h9-10,13-14,21H,7-8,11-12,15-16H2,1-6H3,(H,23,24)/b19-13-,20-14-. The molecule has 2 nitrogen and oxygen atoms in total. The van der Waals surface area contributed by atoms with Crippen molar-refractivity contribution < 1.29 is 9.90 Å². The molecule has 0 aliphatic carbocycles. The molecule has 0 bridgehead atoms. The molecular weight excluding hydrogens is 296 g/mol. The molecule has 0 aromatic heterocycles. The van der Waals surface area contributed by atoms with Gasteiger partial charge in [-0.3, -0.25) is 4.79 Å². The minimum atomic E-state index is -0.698. The average Bonchev–Trinajstić information content (AvgIpc) is 2.45. The van der Waals surface area contributed by atoms with E-state index in [2.05, 4.69) is 65.8 Å². The van der Waals surface area contributed by atoms with Crippen molar-refractivity contribution in [2.45, 2.75) is 80.1 Å². The van der Waals surface area contributed by atoms with E-state index in [4.69, 9.17) is 0 Å². The Kier molecular flexibility index (Phi) is 12.0. The summed E-state index contributed by atoms with van der Waals surface area (Å²) < 4.78 is 0. The Morgan fingerprint density at radius 2 is 1.12 bits per heavy atom. The number of hydrogen-bond acceptors (Lipinski definition) is 1. The van der Waals surface area contributed by atoms with Crippen LogP contribution in [0.15, 0.2) is 46.6 Å². The van der Waals surface area contributed by atoms with Crippen LogP contribution in [-0.2, 0) is 4.79 Å². The third-order valence-corrected chi connectivity index (χ3v) is 4.03. The predicted molar refractivity (Wildman–Crippen MR) is 105 cm³/mol. The zero-order valence-corrected chi connectivity index (χ0v) is 16.5. The lowest BCUT2D eigenvalue weighted by Crippen LogP contribution is -2.12. The molecule has 0 atom stereocenters. The minimum Gasteiger partial charge on any atom is -0.481 e. The van der Waals surface area contributed by atoms with Crippen LogP contribution in [0.25, 0.3) is 0 Å². The number of allylic oxidation sites excluding steroid dienone is 8. The highest BCUT2D eigenvalue weighted by Crippen LogP contribution is 2.17. The van der Waals surface area contributed by atoms with Gasteiger partial charge in [-0.2, -0.15) is 0 Å². The Hall–Kier alpha value is -1.57. The third-order valence-electron chi connectivity index (χ3n) is 4.03. The summed E-state index contributed by atoms with van der Waals surface area (Å²) >= 11 is 0. The molecule has 0 amide bonds. The van der Waals surface area contributed by atoms with Crippen molar-refractivity contribution in [3.63, 3.8) is 0 Å². The number of rotatable bonds is 11. The topological polar surface area (TPSA) is 37.3 Å². The zero-order chi connectivity index (χ0) is 18.5. The van der Waals surface area contributed by atoms with Gasteiger partial charge in [-0.1, -0.05) is 46.6 Å². The molecule has 0 saturated heterocycles. The van der Waals surface area contributed by atoms with E-state index in [1.54, 1.807) is 0 Å². The van der Waals surface area contributed by atoms with Crippen LogP contribution in [0.3, 0.4) is 0 Å². The van der Waals surface area contributed by atoms with Crippen molar-refractivity contribution in [3.8, 4) is 0 Å². The highest BCUT2D eigenvalue weighted by atomic mass is 16.4. The molecule has 0 aliphatic rings. The zero-order valence-electron chi connectivity index (χ0n) is 16.5. The Bertz CT molecular complexity index is 456. The fraction of sp³-hybridized carbons (Fsp3) is 0.591. The van der Waals surface area contributed by atoms with Crippen LogP contribution in [0.1, 0.15) is 80.1 Å². The van der Waals surface area contributed by atoms with Crippen molar-refractivity contribution in [1.82, 2.24) is 0 Å². The first-order valence-corrected chi connectivity index (χ1v) is 9.03. The average molecular weight is 333 g/mol. The third kappa shape index (κ3) is 12.9. The van der Waals surface area contributed by atoms with Gasteiger partial charge < -0.3 is 5.11 Å². The molecule has 0 heterocycles. The van der Waals surface area contributed by atoms with Crippen LogP contribution in [0.5, 0.6) is 0 Å². The van der Waals surface area contributed by atoms with Crippen LogP contribution < -0.4 is 0 Å². The second-order valence-electron chi connectivity index (χ2n) is 7.25. The summed E-state index contributed by atoms with van der Waals surface area (Å²) in [6.07, 6.45) is 14.0. The molecule has 24 heavy (non-hydrogen) atoms. The lowest BCUT2D eigenvalue weighted by molar-refractivity contribution is -0.141. The van der Waals surface area contributed by atoms with Gasteiger partial charge >= 0.3 is 5.97 Å². The summed E-state index contributed by atoms with van der Waals surface area (Å²) in [5.41, 5.74) is 5.23. The summed E-state index contributed by atoms with van der Waals surface area (Å²) in [6.45, 7) is 12.6. The molecule has 2 heteroatoms. The Balaban J connectivity index is 4.47. The van der Waals surface area contributed by atoms with E-state index < -0.39 is 5.97 Å². The largest absolute Gasteiger partial charge is 0.481 e. The predicted octanol–water partition coefficient (Wildman–Crippen LogP) is 6.85. The highest BCUT2D eigenvalue weighted by Gasteiger charge is 2.14. The van der Waals surface area contributed by atoms with Crippen LogP contribution in [0, 0.1) is 5.92 Å². The first-order valence-electron chi connectivity index (χ1n) is 9.03. The maximum Gasteiger partial charge on any atom is 0.307 e. The molecule has 0 aliphatic heterocycles. The molecule has 0 unspecified atom stereocenters. The first-order chi connectivity index (χ1) is 11.2. The SMILES string of the molecule is CC(C)=CCC/C(C)=C\CC(C/C=C(/C)CCC=C(C)C)C(=O)O. The smallest absolute Gasteiger partial charge is 0.307 e. The summed E-state index contributed by atoms with van der Waals surface area (Å²) in [5, 5.41) is 9.42. The van der Waals surface area contributed by atoms with E-state index in [-0.39, 0.29) is 5.92 Å². The van der Waals surface area contributed by atoms with E-state index in [1.165, 1.54) is 22.3 Å². The van der Waals surface area contributed by atoms with E-state index in [0.29, 0.717) is 12.8 Å². The molecule has 0 fully saturated rings. The van der Waals surface area contributed by atoms with Gasteiger partial charge in [0.25, 0.3) is 0 Å². The van der Waals surface area contributed by atoms with Gasteiger partial charge in [-0.25, -0.2) is 0 Å². The molecule has 0 spiro atoms. The van der Waals surface area contributed by atoms with E-state index in [1.807, 2.05) is 0 Å². The second kappa shape index (κ2) is 12.8. The van der Waals surface area contributed by atoms with Crippen molar-refractivity contribution >= 4 is 5.97 Å². The van der Waals surface area contributed by atoms with E-state index in [9.17, 15) is 9.90 Å². The van der Waals surface area contributed by atoms with Crippen molar-refractivity contribution in [2.24, 2.45) is 5.92 Å². The van der Waals surface area contributed by atoms with Crippen molar-refractivity contribution in [2.75, 3.05) is 0 Å². The normalized spacial score (nSPS) is 13.4. The molecule has 0 aromatic carbocycles. The fourth-order valence-electron chi connectivity index (χ4n) is 2.37. The monoisotopic (exact) mass is 332 g/mol. The maximum absolute atomic E-state index is 11.5. The van der Waals surface area contributed by atoms with Gasteiger partial charge in [-0.15, -0.1) is 0 Å². The Labute approximate surface area is 149 Å². The van der Waals surface area contributed by atoms with Gasteiger partial charge in [0.2, 0.25) is 0 Å². The van der Waals surface area contributed by atoms with Crippen LogP contribution in [0.4, 0.5) is 0 Å². The van der Waals surface area contributed by atoms with Gasteiger partial charge in [0, 0.05) is 0 Å². The van der Waals surface area contributed by atoms with Gasteiger partial charge in [0.05, 0.1) is 5.92 Å². The molecule has 0 rings (SSSR count). The summed E-state index contributed by atoms with van der Waals surface area (Å²) in [7, 11) is 0. The lowest BCUT2D eigenvalue weighted by Gasteiger charge is -2.09. The number of carboxylic acids is 1. The molecule has 136 valence electrons. The highest BCUT2D eigenvalue weighted by molar-refractivity contribution is 5.70. The van der Waals surface area contributed by atoms with Crippen LogP contribution in [-0.4, -0.2) is 11.1 Å². The molecule has 1 N–H and O–H groups in total. The van der Waals surface area contributed by atoms with Crippen LogP contribution in [0.2, 0.25) is 0 Å². The maximum atomic E-state index is 11.5. The molecule has 0 radical (unpaired) electrons. The number of aliphatic carboxylic acids is 1. The van der Waals surface area contributed by atoms with E-state index >= 15 is 0 Å². The van der Waals surface area contributed by atoms with Gasteiger partial charge in [0.1, 0.15) is 0 Å². The molecular formula is C22H36O2. The summed E-state index contributed by atoms with van der Waals surface area (Å²) in [5.74, 6) is -1.02. The summed E-state index contributed by atoms with van der Waals surface area (Å²) in [4.78, 5) is 11.5. The molecule has 0 aromatic rings. The first kappa shape index (κ1) is 22.4. The van der Waals surface area contributed by atoms with Crippen LogP contribution >= 0.6 is 0 Å². The van der Waals surface area contributed by atoms with E-state index in [0.717, 1.165) is 25.7 Å². The lowest BCUT2D eigenvalue weighted by atomic mass is 9.97. The number of carbonyl (C=O) groups is 1. The fourth-order valence-corrected chi connectivity index (χ4v) is 2.37. The quantitative estimate of drug-likeness (QED) is 0.420. The molecule has 0 saturated carbocycles. The Morgan fingerprint density at radius 1 is 0.750 bits per heavy atom.